The van der Waals surface area contributed by atoms with Crippen LogP contribution in [0.3, 0.4) is 0 Å². The lowest BCUT2D eigenvalue weighted by atomic mass is 9.85. The van der Waals surface area contributed by atoms with Crippen molar-refractivity contribution in [3.05, 3.63) is 29.3 Å². The van der Waals surface area contributed by atoms with Crippen LogP contribution in [-0.4, -0.2) is 25.6 Å². The van der Waals surface area contributed by atoms with Crippen LogP contribution in [0.15, 0.2) is 18.2 Å². The van der Waals surface area contributed by atoms with Crippen molar-refractivity contribution in [2.24, 2.45) is 0 Å². The highest BCUT2D eigenvalue weighted by atomic mass is 35.5. The summed E-state index contributed by atoms with van der Waals surface area (Å²) in [4.78, 5) is 0. The van der Waals surface area contributed by atoms with Gasteiger partial charge in [-0.2, -0.15) is 0 Å². The maximum Gasteiger partial charge on any atom is 0.161 e. The maximum atomic E-state index is 5.78. The first-order valence-corrected chi connectivity index (χ1v) is 7.84. The number of fused-ring (bicyclic) bond motifs is 1. The van der Waals surface area contributed by atoms with Crippen molar-refractivity contribution < 1.29 is 9.47 Å². The fourth-order valence-electron chi connectivity index (χ4n) is 2.75. The van der Waals surface area contributed by atoms with Crippen molar-refractivity contribution in [2.75, 3.05) is 20.1 Å². The minimum Gasteiger partial charge on any atom is -0.493 e. The van der Waals surface area contributed by atoms with E-state index in [4.69, 9.17) is 21.1 Å². The monoisotopic (exact) mass is 309 g/mol. The third-order valence-electron chi connectivity index (χ3n) is 3.69. The van der Waals surface area contributed by atoms with Crippen molar-refractivity contribution in [1.82, 2.24) is 5.32 Å². The van der Waals surface area contributed by atoms with Crippen LogP contribution in [0.2, 0.25) is 0 Å². The van der Waals surface area contributed by atoms with Crippen LogP contribution < -0.4 is 14.8 Å². The quantitative estimate of drug-likeness (QED) is 0.659. The molecule has 0 atom stereocenters. The van der Waals surface area contributed by atoms with Gasteiger partial charge in [-0.05, 0) is 50.8 Å². The number of rotatable bonds is 5. The van der Waals surface area contributed by atoms with Crippen LogP contribution in [0, 0.1) is 0 Å². The van der Waals surface area contributed by atoms with Gasteiger partial charge in [0.25, 0.3) is 0 Å². The summed E-state index contributed by atoms with van der Waals surface area (Å²) in [5.74, 6) is 2.24. The second-order valence-corrected chi connectivity index (χ2v) is 6.38. The number of halogens is 1. The number of hydrogen-bond acceptors (Lipinski definition) is 3. The van der Waals surface area contributed by atoms with Gasteiger partial charge >= 0.3 is 0 Å². The highest BCUT2D eigenvalue weighted by Gasteiger charge is 2.28. The normalized spacial score (nSPS) is 18.0. The summed E-state index contributed by atoms with van der Waals surface area (Å²) < 4.78 is 10.8. The predicted octanol–water partition coefficient (Wildman–Crippen LogP) is 3.99. The molecule has 0 saturated carbocycles. The lowest BCUT2D eigenvalue weighted by Gasteiger charge is -2.36. The molecule has 0 fully saturated rings. The molecule has 0 radical (unpaired) electrons. The van der Waals surface area contributed by atoms with E-state index in [0.29, 0.717) is 5.88 Å². The van der Waals surface area contributed by atoms with Gasteiger partial charge in [0.1, 0.15) is 0 Å². The summed E-state index contributed by atoms with van der Waals surface area (Å²) >= 11 is 5.78. The second-order valence-electron chi connectivity index (χ2n) is 6.00. The van der Waals surface area contributed by atoms with E-state index in [2.05, 4.69) is 37.4 Å². The zero-order valence-electron chi connectivity index (χ0n) is 13.3. The zero-order chi connectivity index (χ0) is 15.5. The Hall–Kier alpha value is -1.35. The highest BCUT2D eigenvalue weighted by molar-refractivity contribution is 6.17. The molecular weight excluding hydrogens is 286 g/mol. The molecule has 3 nitrogen and oxygen atoms in total. The summed E-state index contributed by atoms with van der Waals surface area (Å²) in [5.41, 5.74) is 3.67. The Bertz CT molecular complexity index is 538. The van der Waals surface area contributed by atoms with Gasteiger partial charge in [-0.25, -0.2) is 0 Å². The van der Waals surface area contributed by atoms with Gasteiger partial charge in [0.15, 0.2) is 11.5 Å². The summed E-state index contributed by atoms with van der Waals surface area (Å²) in [6.45, 7) is 4.42. The number of unbranched alkanes of at least 4 members (excludes halogenated alkanes) is 1. The number of ether oxygens (including phenoxy) is 2. The summed E-state index contributed by atoms with van der Waals surface area (Å²) in [7, 11) is 3.34. The standard InChI is InChI=1S/C17H24ClNO2/c1-17(2)11-12-9-15(20-3)16(21-4)10-13(12)14(19-17)7-5-6-8-18/h7,9-10,19H,5-6,8,11H2,1-4H3. The third-order valence-corrected chi connectivity index (χ3v) is 3.96. The number of nitrogens with one attached hydrogen (secondary N) is 1. The first-order chi connectivity index (χ1) is 10.0. The van der Waals surface area contributed by atoms with Gasteiger partial charge in [-0.1, -0.05) is 6.08 Å². The van der Waals surface area contributed by atoms with Crippen molar-refractivity contribution in [1.29, 1.82) is 0 Å². The van der Waals surface area contributed by atoms with E-state index in [9.17, 15) is 0 Å². The molecule has 1 aromatic rings. The van der Waals surface area contributed by atoms with E-state index in [1.807, 2.05) is 0 Å². The molecule has 2 rings (SSSR count). The molecule has 0 amide bonds. The molecule has 1 aliphatic rings. The molecule has 0 aromatic heterocycles. The molecule has 1 N–H and O–H groups in total. The van der Waals surface area contributed by atoms with E-state index >= 15 is 0 Å². The molecule has 1 aromatic carbocycles. The topological polar surface area (TPSA) is 30.5 Å². The molecular formula is C17H24ClNO2. The Labute approximate surface area is 132 Å². The van der Waals surface area contributed by atoms with Crippen molar-refractivity contribution in [3.8, 4) is 11.5 Å². The van der Waals surface area contributed by atoms with E-state index in [1.165, 1.54) is 11.1 Å². The van der Waals surface area contributed by atoms with Crippen LogP contribution in [0.5, 0.6) is 11.5 Å². The van der Waals surface area contributed by atoms with E-state index in [1.54, 1.807) is 14.2 Å². The molecule has 0 spiro atoms. The van der Waals surface area contributed by atoms with E-state index in [-0.39, 0.29) is 5.54 Å². The van der Waals surface area contributed by atoms with E-state index in [0.717, 1.165) is 36.5 Å². The molecule has 0 unspecified atom stereocenters. The smallest absolute Gasteiger partial charge is 0.161 e. The maximum absolute atomic E-state index is 5.78. The number of alkyl halides is 1. The van der Waals surface area contributed by atoms with Crippen molar-refractivity contribution >= 4 is 17.3 Å². The summed E-state index contributed by atoms with van der Waals surface area (Å²) in [6, 6.07) is 4.15. The molecule has 0 aliphatic carbocycles. The SMILES string of the molecule is COc1cc2c(cc1OC)C(=CCCCCl)NC(C)(C)C2. The molecule has 0 saturated heterocycles. The van der Waals surface area contributed by atoms with Crippen LogP contribution in [0.1, 0.15) is 37.8 Å². The Balaban J connectivity index is 2.45. The summed E-state index contributed by atoms with van der Waals surface area (Å²) in [6.07, 6.45) is 5.13. The minimum atomic E-state index is 0.0272. The Morgan fingerprint density at radius 1 is 1.24 bits per heavy atom. The number of allylic oxidation sites excluding steroid dienone is 1. The predicted molar refractivity (Wildman–Crippen MR) is 88.4 cm³/mol. The fraction of sp³-hybridized carbons (Fsp3) is 0.529. The van der Waals surface area contributed by atoms with Gasteiger partial charge in [0.2, 0.25) is 0 Å². The van der Waals surface area contributed by atoms with Gasteiger partial charge < -0.3 is 14.8 Å². The fourth-order valence-corrected chi connectivity index (χ4v) is 2.91. The molecule has 116 valence electrons. The van der Waals surface area contributed by atoms with E-state index < -0.39 is 0 Å². The largest absolute Gasteiger partial charge is 0.493 e. The van der Waals surface area contributed by atoms with Crippen molar-refractivity contribution in [3.63, 3.8) is 0 Å². The molecule has 1 aliphatic heterocycles. The van der Waals surface area contributed by atoms with Crippen LogP contribution >= 0.6 is 11.6 Å². The van der Waals surface area contributed by atoms with Gasteiger partial charge in [0.05, 0.1) is 14.2 Å². The van der Waals surface area contributed by atoms with Gasteiger partial charge in [0, 0.05) is 22.7 Å². The number of methoxy groups -OCH3 is 2. The van der Waals surface area contributed by atoms with Crippen LogP contribution in [0.25, 0.3) is 5.70 Å². The highest BCUT2D eigenvalue weighted by Crippen LogP contribution is 2.38. The molecule has 0 bridgehead atoms. The molecule has 1 heterocycles. The van der Waals surface area contributed by atoms with Gasteiger partial charge in [-0.3, -0.25) is 0 Å². The zero-order valence-corrected chi connectivity index (χ0v) is 14.0. The average molecular weight is 310 g/mol. The lowest BCUT2D eigenvalue weighted by Crippen LogP contribution is -2.43. The first-order valence-electron chi connectivity index (χ1n) is 7.30. The lowest BCUT2D eigenvalue weighted by molar-refractivity contribution is 0.352. The average Bonchev–Trinajstić information content (AvgIpc) is 2.45. The number of benzene rings is 1. The first kappa shape index (κ1) is 16.0. The summed E-state index contributed by atoms with van der Waals surface area (Å²) in [5, 5.41) is 3.62. The third kappa shape index (κ3) is 3.65. The Morgan fingerprint density at radius 2 is 1.90 bits per heavy atom. The van der Waals surface area contributed by atoms with Crippen LogP contribution in [-0.2, 0) is 6.42 Å². The molecule has 21 heavy (non-hydrogen) atoms. The Morgan fingerprint density at radius 3 is 2.52 bits per heavy atom. The molecule has 4 heteroatoms. The van der Waals surface area contributed by atoms with Crippen LogP contribution in [0.4, 0.5) is 0 Å². The Kier molecular flexibility index (Phi) is 5.04. The van der Waals surface area contributed by atoms with Gasteiger partial charge in [-0.15, -0.1) is 11.6 Å². The van der Waals surface area contributed by atoms with Crippen molar-refractivity contribution in [2.45, 2.75) is 38.6 Å². The number of hydrogen-bond donors (Lipinski definition) is 1. The second kappa shape index (κ2) is 6.61. The minimum absolute atomic E-state index is 0.0272.